The van der Waals surface area contributed by atoms with E-state index in [4.69, 9.17) is 5.73 Å². The van der Waals surface area contributed by atoms with Gasteiger partial charge in [-0.1, -0.05) is 13.0 Å². The largest absolute Gasteiger partial charge is 0.352 e. The molecule has 0 spiro atoms. The Morgan fingerprint density at radius 2 is 2.04 bits per heavy atom. The zero-order valence-electron chi connectivity index (χ0n) is 13.7. The molecule has 0 radical (unpaired) electrons. The number of carbonyl (C=O) groups excluding carboxylic acids is 2. The van der Waals surface area contributed by atoms with Crippen LogP contribution in [0.5, 0.6) is 0 Å². The van der Waals surface area contributed by atoms with Crippen LogP contribution in [0.15, 0.2) is 24.3 Å². The molecule has 1 fully saturated rings. The molecule has 6 heteroatoms. The van der Waals surface area contributed by atoms with Crippen molar-refractivity contribution in [2.45, 2.75) is 32.7 Å². The van der Waals surface area contributed by atoms with Gasteiger partial charge in [-0.25, -0.2) is 0 Å². The lowest BCUT2D eigenvalue weighted by molar-refractivity contribution is 0.0743. The van der Waals surface area contributed by atoms with Gasteiger partial charge < -0.3 is 16.0 Å². The first-order valence-corrected chi connectivity index (χ1v) is 7.96. The van der Waals surface area contributed by atoms with E-state index in [-0.39, 0.29) is 30.3 Å². The van der Waals surface area contributed by atoms with Gasteiger partial charge in [0.2, 0.25) is 0 Å². The summed E-state index contributed by atoms with van der Waals surface area (Å²) in [5.41, 5.74) is 6.81. The number of hydrogen-bond acceptors (Lipinski definition) is 3. The summed E-state index contributed by atoms with van der Waals surface area (Å²) in [6, 6.07) is 7.13. The first-order chi connectivity index (χ1) is 10.6. The minimum Gasteiger partial charge on any atom is -0.352 e. The summed E-state index contributed by atoms with van der Waals surface area (Å²) in [7, 11) is 0. The van der Waals surface area contributed by atoms with Crippen LogP contribution in [0.3, 0.4) is 0 Å². The molecule has 2 rings (SSSR count). The molecule has 2 amide bonds. The third-order valence-corrected chi connectivity index (χ3v) is 4.16. The average Bonchev–Trinajstić information content (AvgIpc) is 2.93. The Hall–Kier alpha value is -1.59. The molecule has 1 heterocycles. The molecular weight excluding hydrogens is 314 g/mol. The van der Waals surface area contributed by atoms with Gasteiger partial charge in [-0.15, -0.1) is 12.4 Å². The second-order valence-electron chi connectivity index (χ2n) is 5.98. The van der Waals surface area contributed by atoms with Gasteiger partial charge in [-0.2, -0.15) is 0 Å². The second-order valence-corrected chi connectivity index (χ2v) is 5.98. The molecule has 2 atom stereocenters. The molecule has 0 aliphatic carbocycles. The molecule has 0 bridgehead atoms. The summed E-state index contributed by atoms with van der Waals surface area (Å²) in [6.45, 7) is 5.99. The molecule has 3 N–H and O–H groups in total. The Bertz CT molecular complexity index is 550. The lowest BCUT2D eigenvalue weighted by atomic mass is 10.1. The lowest BCUT2D eigenvalue weighted by Crippen LogP contribution is -2.34. The average molecular weight is 340 g/mol. The van der Waals surface area contributed by atoms with Crippen LogP contribution in [0, 0.1) is 5.92 Å². The van der Waals surface area contributed by atoms with Gasteiger partial charge in [0.1, 0.15) is 0 Å². The summed E-state index contributed by atoms with van der Waals surface area (Å²) in [5.74, 6) is 0.217. The van der Waals surface area contributed by atoms with Gasteiger partial charge >= 0.3 is 0 Å². The Morgan fingerprint density at radius 3 is 2.65 bits per heavy atom. The number of nitrogens with one attached hydrogen (secondary N) is 1. The highest BCUT2D eigenvalue weighted by atomic mass is 35.5. The number of nitrogens with zero attached hydrogens (tertiary/aromatic N) is 1. The van der Waals surface area contributed by atoms with E-state index in [0.717, 1.165) is 12.8 Å². The van der Waals surface area contributed by atoms with Crippen LogP contribution in [0.4, 0.5) is 0 Å². The van der Waals surface area contributed by atoms with Crippen LogP contribution in [-0.4, -0.2) is 42.4 Å². The van der Waals surface area contributed by atoms with Crippen molar-refractivity contribution in [3.05, 3.63) is 35.4 Å². The first kappa shape index (κ1) is 19.5. The molecule has 23 heavy (non-hydrogen) atoms. The summed E-state index contributed by atoms with van der Waals surface area (Å²) in [6.07, 6.45) is 1.83. The van der Waals surface area contributed by atoms with Gasteiger partial charge in [-0.3, -0.25) is 9.59 Å². The molecule has 0 saturated carbocycles. The number of nitrogens with two attached hydrogens (primary N) is 1. The van der Waals surface area contributed by atoms with E-state index in [2.05, 4.69) is 5.32 Å². The molecular formula is C17H26ClN3O2. The van der Waals surface area contributed by atoms with Crippen molar-refractivity contribution in [1.82, 2.24) is 10.2 Å². The smallest absolute Gasteiger partial charge is 0.254 e. The third-order valence-electron chi connectivity index (χ3n) is 4.16. The number of benzene rings is 1. The van der Waals surface area contributed by atoms with Crippen LogP contribution in [0.2, 0.25) is 0 Å². The minimum absolute atomic E-state index is 0. The second kappa shape index (κ2) is 8.89. The minimum atomic E-state index is -0.134. The van der Waals surface area contributed by atoms with Crippen molar-refractivity contribution in [2.75, 3.05) is 19.6 Å². The normalized spacial score (nSPS) is 20.0. The number of rotatable bonds is 5. The molecule has 1 aromatic carbocycles. The number of likely N-dealkylation sites (tertiary alicyclic amines) is 1. The maximum atomic E-state index is 12.7. The summed E-state index contributed by atoms with van der Waals surface area (Å²) < 4.78 is 0. The fourth-order valence-corrected chi connectivity index (χ4v) is 2.90. The number of halogens is 1. The van der Waals surface area contributed by atoms with E-state index in [1.807, 2.05) is 18.7 Å². The van der Waals surface area contributed by atoms with E-state index in [1.54, 1.807) is 24.3 Å². The Kier molecular flexibility index (Phi) is 7.52. The molecule has 1 aliphatic heterocycles. The van der Waals surface area contributed by atoms with Crippen LogP contribution < -0.4 is 11.1 Å². The first-order valence-electron chi connectivity index (χ1n) is 7.96. The maximum absolute atomic E-state index is 12.7. The molecule has 128 valence electrons. The van der Waals surface area contributed by atoms with E-state index in [0.29, 0.717) is 36.7 Å². The summed E-state index contributed by atoms with van der Waals surface area (Å²) in [4.78, 5) is 26.5. The Labute approximate surface area is 144 Å². The fourth-order valence-electron chi connectivity index (χ4n) is 2.90. The standard InChI is InChI=1S/C17H25N3O2.ClH/c1-3-7-19-16(21)14-5-4-6-15(9-14)17(22)20-11-13(10-18)8-12(20)2;/h4-6,9,12-13H,3,7-8,10-11,18H2,1-2H3,(H,19,21);1H. The zero-order valence-corrected chi connectivity index (χ0v) is 14.6. The third kappa shape index (κ3) is 4.69. The van der Waals surface area contributed by atoms with Gasteiger partial charge in [0.25, 0.3) is 11.8 Å². The maximum Gasteiger partial charge on any atom is 0.254 e. The molecule has 1 saturated heterocycles. The summed E-state index contributed by atoms with van der Waals surface area (Å²) >= 11 is 0. The Morgan fingerprint density at radius 1 is 1.35 bits per heavy atom. The van der Waals surface area contributed by atoms with Crippen molar-refractivity contribution in [2.24, 2.45) is 11.7 Å². The summed E-state index contributed by atoms with van der Waals surface area (Å²) in [5, 5.41) is 2.83. The van der Waals surface area contributed by atoms with Gasteiger partial charge in [0, 0.05) is 30.3 Å². The van der Waals surface area contributed by atoms with Crippen molar-refractivity contribution in [3.63, 3.8) is 0 Å². The molecule has 1 aromatic rings. The monoisotopic (exact) mass is 339 g/mol. The highest BCUT2D eigenvalue weighted by molar-refractivity contribution is 5.99. The van der Waals surface area contributed by atoms with Gasteiger partial charge in [0.05, 0.1) is 0 Å². The number of carbonyl (C=O) groups is 2. The lowest BCUT2D eigenvalue weighted by Gasteiger charge is -2.21. The topological polar surface area (TPSA) is 75.4 Å². The SMILES string of the molecule is CCCNC(=O)c1cccc(C(=O)N2CC(CN)CC2C)c1.Cl. The molecule has 2 unspecified atom stereocenters. The number of hydrogen-bond donors (Lipinski definition) is 2. The van der Waals surface area contributed by atoms with Crippen molar-refractivity contribution < 1.29 is 9.59 Å². The van der Waals surface area contributed by atoms with Gasteiger partial charge in [-0.05, 0) is 50.4 Å². The van der Waals surface area contributed by atoms with Crippen LogP contribution in [0.1, 0.15) is 47.4 Å². The zero-order chi connectivity index (χ0) is 16.1. The highest BCUT2D eigenvalue weighted by Gasteiger charge is 2.32. The fraction of sp³-hybridized carbons (Fsp3) is 0.529. The van der Waals surface area contributed by atoms with Crippen molar-refractivity contribution in [3.8, 4) is 0 Å². The van der Waals surface area contributed by atoms with E-state index in [1.165, 1.54) is 0 Å². The van der Waals surface area contributed by atoms with Crippen molar-refractivity contribution >= 4 is 24.2 Å². The highest BCUT2D eigenvalue weighted by Crippen LogP contribution is 2.24. The molecule has 5 nitrogen and oxygen atoms in total. The van der Waals surface area contributed by atoms with Crippen LogP contribution in [-0.2, 0) is 0 Å². The van der Waals surface area contributed by atoms with Gasteiger partial charge in [0.15, 0.2) is 0 Å². The molecule has 0 aromatic heterocycles. The van der Waals surface area contributed by atoms with Crippen LogP contribution in [0.25, 0.3) is 0 Å². The molecule has 1 aliphatic rings. The Balaban J connectivity index is 0.00000264. The number of amides is 2. The van der Waals surface area contributed by atoms with Crippen LogP contribution >= 0.6 is 12.4 Å². The predicted octanol–water partition coefficient (Wildman–Crippen LogP) is 2.06. The van der Waals surface area contributed by atoms with Crippen molar-refractivity contribution in [1.29, 1.82) is 0 Å². The quantitative estimate of drug-likeness (QED) is 0.862. The van der Waals surface area contributed by atoms with E-state index >= 15 is 0 Å². The van der Waals surface area contributed by atoms with E-state index < -0.39 is 0 Å². The van der Waals surface area contributed by atoms with E-state index in [9.17, 15) is 9.59 Å². The predicted molar refractivity (Wildman–Crippen MR) is 94.0 cm³/mol.